The third-order valence-electron chi connectivity index (χ3n) is 1.74. The van der Waals surface area contributed by atoms with Crippen molar-refractivity contribution < 1.29 is 5.11 Å². The lowest BCUT2D eigenvalue weighted by Crippen LogP contribution is -1.80. The molecule has 0 spiro atoms. The first-order chi connectivity index (χ1) is 6.24. The molecule has 0 aliphatic carbocycles. The Labute approximate surface area is 87.2 Å². The van der Waals surface area contributed by atoms with Gasteiger partial charge in [-0.3, -0.25) is 0 Å². The lowest BCUT2D eigenvalue weighted by Gasteiger charge is -1.99. The smallest absolute Gasteiger partial charge is 0.0465 e. The highest BCUT2D eigenvalue weighted by atomic mass is 79.9. The Bertz CT molecular complexity index is 305. The maximum atomic E-state index is 8.61. The second-order valence-electron chi connectivity index (χ2n) is 2.94. The van der Waals surface area contributed by atoms with Gasteiger partial charge in [0.05, 0.1) is 0 Å². The normalized spacial score (nSPS) is 11.0. The van der Waals surface area contributed by atoms with Crippen LogP contribution in [-0.4, -0.2) is 11.7 Å². The van der Waals surface area contributed by atoms with E-state index in [9.17, 15) is 0 Å². The minimum atomic E-state index is 0.208. The van der Waals surface area contributed by atoms with E-state index in [1.165, 1.54) is 5.56 Å². The van der Waals surface area contributed by atoms with E-state index in [4.69, 9.17) is 5.11 Å². The molecule has 0 saturated heterocycles. The van der Waals surface area contributed by atoms with E-state index in [1.54, 1.807) is 0 Å². The van der Waals surface area contributed by atoms with E-state index >= 15 is 0 Å². The summed E-state index contributed by atoms with van der Waals surface area (Å²) in [6.07, 6.45) is 4.70. The van der Waals surface area contributed by atoms with Gasteiger partial charge in [-0.05, 0) is 25.0 Å². The summed E-state index contributed by atoms with van der Waals surface area (Å²) in [7, 11) is 0. The molecule has 1 nitrogen and oxygen atoms in total. The average Bonchev–Trinajstić information content (AvgIpc) is 2.11. The highest BCUT2D eigenvalue weighted by molar-refractivity contribution is 9.10. The molecule has 1 aromatic rings. The van der Waals surface area contributed by atoms with Gasteiger partial charge in [0.2, 0.25) is 0 Å². The van der Waals surface area contributed by atoms with Crippen LogP contribution >= 0.6 is 15.9 Å². The van der Waals surface area contributed by atoms with Crippen LogP contribution in [-0.2, 0) is 0 Å². The Morgan fingerprint density at radius 3 is 2.92 bits per heavy atom. The first kappa shape index (κ1) is 10.5. The van der Waals surface area contributed by atoms with Crippen LogP contribution in [0.5, 0.6) is 0 Å². The zero-order valence-corrected chi connectivity index (χ0v) is 9.21. The number of aryl methyl sites for hydroxylation is 1. The fraction of sp³-hybridized carbons (Fsp3) is 0.273. The Morgan fingerprint density at radius 2 is 2.23 bits per heavy atom. The van der Waals surface area contributed by atoms with Gasteiger partial charge in [0.25, 0.3) is 0 Å². The van der Waals surface area contributed by atoms with Crippen molar-refractivity contribution in [3.63, 3.8) is 0 Å². The van der Waals surface area contributed by atoms with Crippen molar-refractivity contribution in [3.05, 3.63) is 39.9 Å². The summed E-state index contributed by atoms with van der Waals surface area (Å²) < 4.78 is 1.09. The Balaban J connectivity index is 2.81. The zero-order chi connectivity index (χ0) is 9.68. The van der Waals surface area contributed by atoms with Gasteiger partial charge in [-0.25, -0.2) is 0 Å². The van der Waals surface area contributed by atoms with Gasteiger partial charge in [-0.15, -0.1) is 0 Å². The number of hydrogen-bond acceptors (Lipinski definition) is 1. The molecule has 0 bridgehead atoms. The van der Waals surface area contributed by atoms with Gasteiger partial charge in [-0.2, -0.15) is 0 Å². The molecule has 0 aliphatic heterocycles. The molecule has 0 fully saturated rings. The molecule has 0 heterocycles. The second kappa shape index (κ2) is 5.20. The standard InChI is InChI=1S/C11H13BrO/c1-9-5-6-11(12)10(8-9)4-2-3-7-13/h2,4-6,8,13H,3,7H2,1H3. The lowest BCUT2D eigenvalue weighted by molar-refractivity contribution is 0.303. The van der Waals surface area contributed by atoms with Crippen molar-refractivity contribution in [3.8, 4) is 0 Å². The number of hydrogen-bond donors (Lipinski definition) is 1. The number of benzene rings is 1. The van der Waals surface area contributed by atoms with Gasteiger partial charge in [0, 0.05) is 11.1 Å². The van der Waals surface area contributed by atoms with Crippen LogP contribution in [0.2, 0.25) is 0 Å². The molecular formula is C11H13BrO. The van der Waals surface area contributed by atoms with Crippen LogP contribution in [0.4, 0.5) is 0 Å². The lowest BCUT2D eigenvalue weighted by atomic mass is 10.1. The van der Waals surface area contributed by atoms with Gasteiger partial charge in [-0.1, -0.05) is 45.8 Å². The summed E-state index contributed by atoms with van der Waals surface area (Å²) in [5, 5.41) is 8.61. The third kappa shape index (κ3) is 3.33. The minimum absolute atomic E-state index is 0.208. The molecule has 13 heavy (non-hydrogen) atoms. The quantitative estimate of drug-likeness (QED) is 0.861. The van der Waals surface area contributed by atoms with Gasteiger partial charge in [0.15, 0.2) is 0 Å². The molecule has 1 rings (SSSR count). The van der Waals surface area contributed by atoms with Crippen LogP contribution in [0, 0.1) is 6.92 Å². The van der Waals surface area contributed by atoms with E-state index in [2.05, 4.69) is 35.0 Å². The van der Waals surface area contributed by atoms with E-state index in [1.807, 2.05) is 18.2 Å². The Morgan fingerprint density at radius 1 is 1.46 bits per heavy atom. The van der Waals surface area contributed by atoms with E-state index in [0.29, 0.717) is 6.42 Å². The van der Waals surface area contributed by atoms with Gasteiger partial charge >= 0.3 is 0 Å². The molecule has 0 atom stereocenters. The van der Waals surface area contributed by atoms with E-state index in [-0.39, 0.29) is 6.61 Å². The molecular weight excluding hydrogens is 228 g/mol. The maximum absolute atomic E-state index is 8.61. The van der Waals surface area contributed by atoms with Crippen molar-refractivity contribution in [2.75, 3.05) is 6.61 Å². The highest BCUT2D eigenvalue weighted by Crippen LogP contribution is 2.19. The summed E-state index contributed by atoms with van der Waals surface area (Å²) in [6, 6.07) is 6.21. The zero-order valence-electron chi connectivity index (χ0n) is 7.63. The number of aliphatic hydroxyl groups is 1. The Hall–Kier alpha value is -0.600. The van der Waals surface area contributed by atoms with Crippen molar-refractivity contribution in [2.45, 2.75) is 13.3 Å². The topological polar surface area (TPSA) is 20.2 Å². The predicted molar refractivity (Wildman–Crippen MR) is 59.6 cm³/mol. The van der Waals surface area contributed by atoms with Crippen molar-refractivity contribution in [1.29, 1.82) is 0 Å². The second-order valence-corrected chi connectivity index (χ2v) is 3.79. The first-order valence-electron chi connectivity index (χ1n) is 4.27. The monoisotopic (exact) mass is 240 g/mol. The van der Waals surface area contributed by atoms with E-state index < -0.39 is 0 Å². The summed E-state index contributed by atoms with van der Waals surface area (Å²) >= 11 is 3.47. The van der Waals surface area contributed by atoms with Crippen LogP contribution in [0.1, 0.15) is 17.5 Å². The molecule has 0 aromatic heterocycles. The molecule has 0 saturated carbocycles. The van der Waals surface area contributed by atoms with Crippen LogP contribution in [0.3, 0.4) is 0 Å². The molecule has 1 aromatic carbocycles. The van der Waals surface area contributed by atoms with Crippen molar-refractivity contribution in [1.82, 2.24) is 0 Å². The molecule has 2 heteroatoms. The SMILES string of the molecule is Cc1ccc(Br)c(C=CCCO)c1. The number of rotatable bonds is 3. The fourth-order valence-electron chi connectivity index (χ4n) is 1.08. The molecule has 0 aliphatic rings. The highest BCUT2D eigenvalue weighted by Gasteiger charge is 1.94. The maximum Gasteiger partial charge on any atom is 0.0465 e. The minimum Gasteiger partial charge on any atom is -0.396 e. The van der Waals surface area contributed by atoms with Crippen molar-refractivity contribution >= 4 is 22.0 Å². The summed E-state index contributed by atoms with van der Waals surface area (Å²) in [6.45, 7) is 2.27. The molecule has 0 unspecified atom stereocenters. The summed E-state index contributed by atoms with van der Waals surface area (Å²) in [5.41, 5.74) is 2.40. The fourth-order valence-corrected chi connectivity index (χ4v) is 1.45. The molecule has 70 valence electrons. The average molecular weight is 241 g/mol. The predicted octanol–water partition coefficient (Wildman–Crippen LogP) is 3.15. The molecule has 1 N–H and O–H groups in total. The van der Waals surface area contributed by atoms with Gasteiger partial charge in [0.1, 0.15) is 0 Å². The number of aliphatic hydroxyl groups excluding tert-OH is 1. The van der Waals surface area contributed by atoms with Gasteiger partial charge < -0.3 is 5.11 Å². The summed E-state index contributed by atoms with van der Waals surface area (Å²) in [5.74, 6) is 0. The largest absolute Gasteiger partial charge is 0.396 e. The summed E-state index contributed by atoms with van der Waals surface area (Å²) in [4.78, 5) is 0. The van der Waals surface area contributed by atoms with Crippen LogP contribution in [0.15, 0.2) is 28.7 Å². The van der Waals surface area contributed by atoms with Crippen LogP contribution < -0.4 is 0 Å². The molecule has 0 radical (unpaired) electrons. The first-order valence-corrected chi connectivity index (χ1v) is 5.07. The van der Waals surface area contributed by atoms with Crippen LogP contribution in [0.25, 0.3) is 6.08 Å². The van der Waals surface area contributed by atoms with Crippen molar-refractivity contribution in [2.24, 2.45) is 0 Å². The number of halogens is 1. The Kier molecular flexibility index (Phi) is 4.19. The third-order valence-corrected chi connectivity index (χ3v) is 2.47. The molecule has 0 amide bonds. The van der Waals surface area contributed by atoms with E-state index in [0.717, 1.165) is 10.0 Å².